The van der Waals surface area contributed by atoms with E-state index in [9.17, 15) is 18.4 Å². The second kappa shape index (κ2) is 9.03. The topological polar surface area (TPSA) is 61.4 Å². The highest BCUT2D eigenvalue weighted by molar-refractivity contribution is 8.01. The highest BCUT2D eigenvalue weighted by Crippen LogP contribution is 2.36. The van der Waals surface area contributed by atoms with Gasteiger partial charge in [-0.05, 0) is 69.1 Å². The molecule has 3 saturated heterocycles. The van der Waals surface area contributed by atoms with Gasteiger partial charge in [-0.25, -0.2) is 0 Å². The van der Waals surface area contributed by atoms with E-state index >= 15 is 0 Å². The number of fused-ring (bicyclic) bond motifs is 3. The summed E-state index contributed by atoms with van der Waals surface area (Å²) in [5.74, 6) is -0.821. The van der Waals surface area contributed by atoms with Crippen molar-refractivity contribution >= 4 is 40.6 Å². The maximum atomic E-state index is 12.8. The quantitative estimate of drug-likeness (QED) is 0.687. The number of nitrogens with one attached hydrogen (secondary N) is 2. The van der Waals surface area contributed by atoms with Gasteiger partial charge in [0.15, 0.2) is 0 Å². The Morgan fingerprint density at radius 3 is 2.67 bits per heavy atom. The molecule has 2 N–H and O–H groups in total. The SMILES string of the molecule is C[C@H]1[C@H](NC(=O)c2ccc(Sc3cccc(NC(=O)C(F)F)c3)s2)C2CCN1CC2. The summed E-state index contributed by atoms with van der Waals surface area (Å²) in [5.41, 5.74) is 0.316. The third kappa shape index (κ3) is 4.68. The van der Waals surface area contributed by atoms with Crippen LogP contribution in [0.4, 0.5) is 14.5 Å². The highest BCUT2D eigenvalue weighted by atomic mass is 32.2. The molecule has 2 atom stereocenters. The molecule has 160 valence electrons. The Morgan fingerprint density at radius 1 is 1.20 bits per heavy atom. The first-order chi connectivity index (χ1) is 14.4. The average molecular weight is 452 g/mol. The van der Waals surface area contributed by atoms with E-state index in [1.54, 1.807) is 18.2 Å². The summed E-state index contributed by atoms with van der Waals surface area (Å²) in [6.07, 6.45) is -0.781. The fourth-order valence-electron chi connectivity index (χ4n) is 4.22. The van der Waals surface area contributed by atoms with Crippen LogP contribution in [0.15, 0.2) is 45.5 Å². The van der Waals surface area contributed by atoms with Gasteiger partial charge in [0.1, 0.15) is 0 Å². The second-order valence-corrected chi connectivity index (χ2v) is 10.1. The van der Waals surface area contributed by atoms with Gasteiger partial charge in [-0.3, -0.25) is 14.5 Å². The van der Waals surface area contributed by atoms with Crippen molar-refractivity contribution in [3.05, 3.63) is 41.3 Å². The molecule has 5 nitrogen and oxygen atoms in total. The van der Waals surface area contributed by atoms with Gasteiger partial charge in [0.2, 0.25) is 0 Å². The highest BCUT2D eigenvalue weighted by Gasteiger charge is 2.40. The van der Waals surface area contributed by atoms with Crippen LogP contribution >= 0.6 is 23.1 Å². The molecule has 1 aromatic carbocycles. The number of alkyl halides is 2. The van der Waals surface area contributed by atoms with Crippen LogP contribution in [0.3, 0.4) is 0 Å². The lowest BCUT2D eigenvalue weighted by molar-refractivity contribution is -0.126. The van der Waals surface area contributed by atoms with Crippen LogP contribution in [0.1, 0.15) is 29.4 Å². The number of halogens is 2. The van der Waals surface area contributed by atoms with Crippen LogP contribution in [0.25, 0.3) is 0 Å². The monoisotopic (exact) mass is 451 g/mol. The van der Waals surface area contributed by atoms with Crippen LogP contribution in [-0.4, -0.2) is 48.3 Å². The molecule has 0 unspecified atom stereocenters. The van der Waals surface area contributed by atoms with Crippen LogP contribution in [-0.2, 0) is 4.79 Å². The molecular formula is C21H23F2N3O2S2. The number of piperidine rings is 3. The van der Waals surface area contributed by atoms with Crippen molar-refractivity contribution in [3.63, 3.8) is 0 Å². The van der Waals surface area contributed by atoms with Crippen LogP contribution in [0.5, 0.6) is 0 Å². The van der Waals surface area contributed by atoms with Gasteiger partial charge in [0, 0.05) is 22.7 Å². The number of anilines is 1. The Morgan fingerprint density at radius 2 is 1.97 bits per heavy atom. The molecule has 3 fully saturated rings. The summed E-state index contributed by atoms with van der Waals surface area (Å²) in [6, 6.07) is 11.0. The van der Waals surface area contributed by atoms with Crippen LogP contribution < -0.4 is 10.6 Å². The van der Waals surface area contributed by atoms with E-state index in [1.807, 2.05) is 18.2 Å². The first-order valence-corrected chi connectivity index (χ1v) is 11.6. The molecule has 5 rings (SSSR count). The summed E-state index contributed by atoms with van der Waals surface area (Å²) in [7, 11) is 0. The van der Waals surface area contributed by atoms with E-state index in [0.29, 0.717) is 22.5 Å². The largest absolute Gasteiger partial charge is 0.347 e. The molecule has 3 aliphatic rings. The summed E-state index contributed by atoms with van der Waals surface area (Å²) in [4.78, 5) is 27.9. The molecule has 9 heteroatoms. The molecule has 1 aromatic heterocycles. The molecule has 2 aromatic rings. The van der Waals surface area contributed by atoms with E-state index in [-0.39, 0.29) is 11.9 Å². The van der Waals surface area contributed by atoms with Crippen molar-refractivity contribution in [2.24, 2.45) is 5.92 Å². The van der Waals surface area contributed by atoms with Gasteiger partial charge >= 0.3 is 6.43 Å². The number of benzene rings is 1. The van der Waals surface area contributed by atoms with Gasteiger partial charge in [-0.1, -0.05) is 17.8 Å². The average Bonchev–Trinajstić information content (AvgIpc) is 3.19. The minimum Gasteiger partial charge on any atom is -0.347 e. The van der Waals surface area contributed by atoms with Crippen molar-refractivity contribution in [1.82, 2.24) is 10.2 Å². The summed E-state index contributed by atoms with van der Waals surface area (Å²) in [5, 5.41) is 5.42. The lowest BCUT2D eigenvalue weighted by atomic mass is 9.79. The zero-order valence-electron chi connectivity index (χ0n) is 16.4. The Bertz CT molecular complexity index is 926. The van der Waals surface area contributed by atoms with Crippen molar-refractivity contribution in [2.75, 3.05) is 18.4 Å². The van der Waals surface area contributed by atoms with Crippen molar-refractivity contribution in [1.29, 1.82) is 0 Å². The smallest absolute Gasteiger partial charge is 0.315 e. The number of rotatable bonds is 6. The van der Waals surface area contributed by atoms with Crippen molar-refractivity contribution in [3.8, 4) is 0 Å². The molecule has 30 heavy (non-hydrogen) atoms. The molecule has 0 spiro atoms. The predicted molar refractivity (Wildman–Crippen MR) is 115 cm³/mol. The molecule has 0 aliphatic carbocycles. The normalized spacial score (nSPS) is 25.3. The number of nitrogens with zero attached hydrogens (tertiary/aromatic N) is 1. The number of hydrogen-bond donors (Lipinski definition) is 2. The Labute approximate surface area is 182 Å². The standard InChI is InChI=1S/C21H23F2N3O2S2/c1-12-18(13-7-9-26(12)10-8-13)25-20(27)16-5-6-17(30-16)29-15-4-2-3-14(11-15)24-21(28)19(22)23/h2-6,11-13,18-19H,7-10H2,1H3,(H,24,28)(H,25,27)/t12-,18-/m0/s1. The second-order valence-electron chi connectivity index (χ2n) is 7.65. The van der Waals surface area contributed by atoms with Gasteiger partial charge < -0.3 is 10.6 Å². The fraction of sp³-hybridized carbons (Fsp3) is 0.429. The molecule has 2 amide bonds. The van der Waals surface area contributed by atoms with Crippen molar-refractivity contribution < 1.29 is 18.4 Å². The molecule has 0 radical (unpaired) electrons. The van der Waals surface area contributed by atoms with Crippen LogP contribution in [0, 0.1) is 5.92 Å². The summed E-state index contributed by atoms with van der Waals surface area (Å²) < 4.78 is 25.8. The van der Waals surface area contributed by atoms with Gasteiger partial charge in [0.05, 0.1) is 9.09 Å². The number of amides is 2. The Kier molecular flexibility index (Phi) is 6.40. The Hall–Kier alpha value is -1.97. The lowest BCUT2D eigenvalue weighted by Crippen LogP contribution is -2.62. The number of carbonyl (C=O) groups excluding carboxylic acids is 2. The Balaban J connectivity index is 1.38. The lowest BCUT2D eigenvalue weighted by Gasteiger charge is -2.49. The van der Waals surface area contributed by atoms with Crippen molar-refractivity contribution in [2.45, 2.75) is 47.4 Å². The minimum absolute atomic E-state index is 0.0459. The third-order valence-corrected chi connectivity index (χ3v) is 8.00. The molecular weight excluding hydrogens is 428 g/mol. The number of hydrogen-bond acceptors (Lipinski definition) is 5. The van der Waals surface area contributed by atoms with E-state index in [2.05, 4.69) is 22.5 Å². The van der Waals surface area contributed by atoms with E-state index < -0.39 is 12.3 Å². The van der Waals surface area contributed by atoms with Gasteiger partial charge in [-0.2, -0.15) is 8.78 Å². The predicted octanol–water partition coefficient (Wildman–Crippen LogP) is 4.32. The number of thiophene rings is 1. The minimum atomic E-state index is -3.06. The summed E-state index contributed by atoms with van der Waals surface area (Å²) in [6.45, 7) is 4.43. The molecule has 0 saturated carbocycles. The molecule has 4 heterocycles. The molecule has 3 aliphatic heterocycles. The first kappa shape index (κ1) is 21.3. The van der Waals surface area contributed by atoms with Gasteiger partial charge in [-0.15, -0.1) is 11.3 Å². The fourth-order valence-corrected chi connectivity index (χ4v) is 6.28. The van der Waals surface area contributed by atoms with E-state index in [1.165, 1.54) is 23.1 Å². The first-order valence-electron chi connectivity index (χ1n) is 9.92. The maximum absolute atomic E-state index is 12.8. The van der Waals surface area contributed by atoms with Gasteiger partial charge in [0.25, 0.3) is 11.8 Å². The van der Waals surface area contributed by atoms with E-state index in [4.69, 9.17) is 0 Å². The summed E-state index contributed by atoms with van der Waals surface area (Å²) >= 11 is 2.83. The van der Waals surface area contributed by atoms with E-state index in [0.717, 1.165) is 35.0 Å². The third-order valence-electron chi connectivity index (χ3n) is 5.80. The zero-order chi connectivity index (χ0) is 21.3. The maximum Gasteiger partial charge on any atom is 0.315 e. The number of carbonyl (C=O) groups is 2. The zero-order valence-corrected chi connectivity index (χ0v) is 18.1. The van der Waals surface area contributed by atoms with Crippen LogP contribution in [0.2, 0.25) is 0 Å². The molecule has 2 bridgehead atoms.